The molecule has 2 rings (SSSR count). The van der Waals surface area contributed by atoms with Crippen molar-refractivity contribution < 1.29 is 5.11 Å². The summed E-state index contributed by atoms with van der Waals surface area (Å²) in [6.07, 6.45) is 5.03. The number of rotatable bonds is 4. The van der Waals surface area contributed by atoms with E-state index in [9.17, 15) is 0 Å². The summed E-state index contributed by atoms with van der Waals surface area (Å²) in [5.41, 5.74) is 1.79. The Balaban J connectivity index is 2.16. The van der Waals surface area contributed by atoms with E-state index in [1.54, 1.807) is 29.3 Å². The second-order valence-electron chi connectivity index (χ2n) is 3.29. The van der Waals surface area contributed by atoms with Crippen LogP contribution in [0.15, 0.2) is 24.7 Å². The maximum Gasteiger partial charge on any atom is 0.227 e. The molecule has 0 aliphatic carbocycles. The van der Waals surface area contributed by atoms with Gasteiger partial charge in [-0.2, -0.15) is 5.10 Å². The van der Waals surface area contributed by atoms with Gasteiger partial charge in [0.1, 0.15) is 0 Å². The molecule has 2 heterocycles. The van der Waals surface area contributed by atoms with Gasteiger partial charge in [-0.25, -0.2) is 9.97 Å². The van der Waals surface area contributed by atoms with Crippen LogP contribution in [0.1, 0.15) is 5.69 Å². The molecule has 0 aliphatic heterocycles. The third kappa shape index (κ3) is 2.17. The smallest absolute Gasteiger partial charge is 0.227 e. The van der Waals surface area contributed by atoms with Crippen LogP contribution in [0.3, 0.4) is 0 Å². The van der Waals surface area contributed by atoms with Crippen LogP contribution in [0.5, 0.6) is 0 Å². The van der Waals surface area contributed by atoms with Gasteiger partial charge in [-0.3, -0.25) is 4.68 Å². The van der Waals surface area contributed by atoms with Crippen molar-refractivity contribution in [3.05, 3.63) is 30.4 Å². The molecule has 0 aromatic carbocycles. The average Bonchev–Trinajstić information content (AvgIpc) is 2.64. The fraction of sp³-hybridized carbons (Fsp3) is 0.300. The predicted octanol–water partition coefficient (Wildman–Crippen LogP) is 0.717. The second-order valence-corrected chi connectivity index (χ2v) is 3.29. The van der Waals surface area contributed by atoms with E-state index in [2.05, 4.69) is 20.4 Å². The summed E-state index contributed by atoms with van der Waals surface area (Å²) < 4.78 is 1.73. The fourth-order valence-electron chi connectivity index (χ4n) is 1.37. The van der Waals surface area contributed by atoms with Gasteiger partial charge in [0.25, 0.3) is 0 Å². The number of nitrogens with zero attached hydrogens (tertiary/aromatic N) is 4. The van der Waals surface area contributed by atoms with E-state index in [1.807, 2.05) is 6.92 Å². The van der Waals surface area contributed by atoms with Gasteiger partial charge < -0.3 is 10.4 Å². The van der Waals surface area contributed by atoms with E-state index in [0.717, 1.165) is 11.4 Å². The van der Waals surface area contributed by atoms with E-state index < -0.39 is 0 Å². The summed E-state index contributed by atoms with van der Waals surface area (Å²) in [5, 5.41) is 16.0. The van der Waals surface area contributed by atoms with Gasteiger partial charge in [0, 0.05) is 12.4 Å². The van der Waals surface area contributed by atoms with Crippen LogP contribution in [-0.2, 0) is 6.54 Å². The van der Waals surface area contributed by atoms with Gasteiger partial charge in [0.2, 0.25) is 5.95 Å². The van der Waals surface area contributed by atoms with Crippen molar-refractivity contribution in [1.82, 2.24) is 19.7 Å². The van der Waals surface area contributed by atoms with Crippen molar-refractivity contribution in [3.8, 4) is 0 Å². The molecule has 0 aliphatic rings. The molecule has 6 nitrogen and oxygen atoms in total. The Labute approximate surface area is 93.0 Å². The van der Waals surface area contributed by atoms with Crippen molar-refractivity contribution >= 4 is 11.6 Å². The highest BCUT2D eigenvalue weighted by Gasteiger charge is 2.06. The van der Waals surface area contributed by atoms with Crippen LogP contribution in [0.2, 0.25) is 0 Å². The zero-order valence-electron chi connectivity index (χ0n) is 8.96. The first-order valence-electron chi connectivity index (χ1n) is 4.98. The lowest BCUT2D eigenvalue weighted by Crippen LogP contribution is -2.06. The van der Waals surface area contributed by atoms with Crippen LogP contribution in [-0.4, -0.2) is 31.5 Å². The molecule has 2 aromatic rings. The Bertz CT molecular complexity index is 453. The monoisotopic (exact) mass is 219 g/mol. The number of nitrogens with one attached hydrogen (secondary N) is 1. The Morgan fingerprint density at radius 3 is 2.81 bits per heavy atom. The highest BCUT2D eigenvalue weighted by Crippen LogP contribution is 2.16. The van der Waals surface area contributed by atoms with Crippen molar-refractivity contribution in [2.24, 2.45) is 0 Å². The average molecular weight is 219 g/mol. The molecule has 16 heavy (non-hydrogen) atoms. The standard InChI is InChI=1S/C10H13N5O/c1-8-9(7-13-15(8)5-6-16)14-10-11-3-2-4-12-10/h2-4,7,16H,5-6H2,1H3,(H,11,12,14). The van der Waals surface area contributed by atoms with Crippen LogP contribution in [0.25, 0.3) is 0 Å². The molecule has 0 saturated heterocycles. The fourth-order valence-corrected chi connectivity index (χ4v) is 1.37. The minimum Gasteiger partial charge on any atom is -0.394 e. The van der Waals surface area contributed by atoms with Crippen LogP contribution in [0, 0.1) is 6.92 Å². The Hall–Kier alpha value is -1.95. The number of aliphatic hydroxyl groups excluding tert-OH is 1. The lowest BCUT2D eigenvalue weighted by atomic mass is 10.4. The van der Waals surface area contributed by atoms with Crippen molar-refractivity contribution in [3.63, 3.8) is 0 Å². The molecule has 0 unspecified atom stereocenters. The van der Waals surface area contributed by atoms with E-state index in [1.165, 1.54) is 0 Å². The molecule has 0 radical (unpaired) electrons. The van der Waals surface area contributed by atoms with E-state index in [0.29, 0.717) is 12.5 Å². The maximum atomic E-state index is 8.84. The topological polar surface area (TPSA) is 75.9 Å². The van der Waals surface area contributed by atoms with Crippen LogP contribution in [0.4, 0.5) is 11.6 Å². The third-order valence-corrected chi connectivity index (χ3v) is 2.23. The van der Waals surface area contributed by atoms with Gasteiger partial charge in [-0.05, 0) is 13.0 Å². The minimum atomic E-state index is 0.0732. The molecule has 0 spiro atoms. The summed E-state index contributed by atoms with van der Waals surface area (Å²) in [4.78, 5) is 8.12. The lowest BCUT2D eigenvalue weighted by Gasteiger charge is -2.04. The normalized spacial score (nSPS) is 10.4. The number of hydrogen-bond acceptors (Lipinski definition) is 5. The number of aliphatic hydroxyl groups is 1. The van der Waals surface area contributed by atoms with Crippen molar-refractivity contribution in [1.29, 1.82) is 0 Å². The Morgan fingerprint density at radius 2 is 2.12 bits per heavy atom. The molecule has 0 atom stereocenters. The molecule has 0 amide bonds. The van der Waals surface area contributed by atoms with E-state index >= 15 is 0 Å². The highest BCUT2D eigenvalue weighted by molar-refractivity contribution is 5.54. The van der Waals surface area contributed by atoms with Crippen molar-refractivity contribution in [2.75, 3.05) is 11.9 Å². The van der Waals surface area contributed by atoms with Crippen molar-refractivity contribution in [2.45, 2.75) is 13.5 Å². The molecule has 2 aromatic heterocycles. The Kier molecular flexibility index (Phi) is 3.11. The van der Waals surface area contributed by atoms with Gasteiger partial charge in [-0.15, -0.1) is 0 Å². The lowest BCUT2D eigenvalue weighted by molar-refractivity contribution is 0.268. The molecular formula is C10H13N5O. The highest BCUT2D eigenvalue weighted by atomic mass is 16.3. The largest absolute Gasteiger partial charge is 0.394 e. The number of aromatic nitrogens is 4. The van der Waals surface area contributed by atoms with Crippen LogP contribution >= 0.6 is 0 Å². The molecule has 0 bridgehead atoms. The predicted molar refractivity (Wildman–Crippen MR) is 59.4 cm³/mol. The van der Waals surface area contributed by atoms with E-state index in [-0.39, 0.29) is 6.61 Å². The zero-order chi connectivity index (χ0) is 11.4. The zero-order valence-corrected chi connectivity index (χ0v) is 8.96. The first kappa shape index (κ1) is 10.6. The molecule has 2 N–H and O–H groups in total. The summed E-state index contributed by atoms with van der Waals surface area (Å²) in [5.74, 6) is 0.536. The van der Waals surface area contributed by atoms with Gasteiger partial charge in [-0.1, -0.05) is 0 Å². The van der Waals surface area contributed by atoms with Gasteiger partial charge in [0.05, 0.1) is 30.7 Å². The summed E-state index contributed by atoms with van der Waals surface area (Å²) >= 11 is 0. The SMILES string of the molecule is Cc1c(Nc2ncccn2)cnn1CCO. The first-order valence-corrected chi connectivity index (χ1v) is 4.98. The minimum absolute atomic E-state index is 0.0732. The quantitative estimate of drug-likeness (QED) is 0.792. The maximum absolute atomic E-state index is 8.84. The molecule has 6 heteroatoms. The first-order chi connectivity index (χ1) is 7.81. The summed E-state index contributed by atoms with van der Waals surface area (Å²) in [7, 11) is 0. The molecule has 0 fully saturated rings. The Morgan fingerprint density at radius 1 is 1.38 bits per heavy atom. The van der Waals surface area contributed by atoms with Crippen LogP contribution < -0.4 is 5.32 Å². The summed E-state index contributed by atoms with van der Waals surface area (Å²) in [6.45, 7) is 2.49. The summed E-state index contributed by atoms with van der Waals surface area (Å²) in [6, 6.07) is 1.76. The second kappa shape index (κ2) is 4.71. The van der Waals surface area contributed by atoms with Gasteiger partial charge in [0.15, 0.2) is 0 Å². The number of hydrogen-bond donors (Lipinski definition) is 2. The van der Waals surface area contributed by atoms with Gasteiger partial charge >= 0.3 is 0 Å². The number of anilines is 2. The molecular weight excluding hydrogens is 206 g/mol. The third-order valence-electron chi connectivity index (χ3n) is 2.23. The van der Waals surface area contributed by atoms with E-state index in [4.69, 9.17) is 5.11 Å². The molecule has 84 valence electrons. The molecule has 0 saturated carbocycles.